The van der Waals surface area contributed by atoms with Crippen molar-refractivity contribution in [3.63, 3.8) is 0 Å². The first-order chi connectivity index (χ1) is 11.6. The van der Waals surface area contributed by atoms with Crippen LogP contribution in [-0.4, -0.2) is 45.1 Å². The third kappa shape index (κ3) is 2.89. The van der Waals surface area contributed by atoms with Crippen molar-refractivity contribution < 1.29 is 18.4 Å². The second-order valence-electron chi connectivity index (χ2n) is 6.28. The van der Waals surface area contributed by atoms with Gasteiger partial charge in [-0.1, -0.05) is 5.16 Å². The number of likely N-dealkylation sites (tertiary alicyclic amines) is 1. The van der Waals surface area contributed by atoms with E-state index in [4.69, 9.17) is 9.26 Å². The zero-order chi connectivity index (χ0) is 16.7. The Balaban J connectivity index is 1.35. The average Bonchev–Trinajstić information content (AvgIpc) is 3.23. The summed E-state index contributed by atoms with van der Waals surface area (Å²) in [6, 6.07) is 2.85. The molecule has 0 radical (unpaired) electrons. The first kappa shape index (κ1) is 15.2. The predicted molar refractivity (Wildman–Crippen MR) is 79.2 cm³/mol. The molecule has 0 saturated carbocycles. The number of aromatic nitrogens is 3. The molecule has 8 heteroatoms. The van der Waals surface area contributed by atoms with Crippen LogP contribution in [0.15, 0.2) is 22.9 Å². The van der Waals surface area contributed by atoms with Crippen LogP contribution in [0.5, 0.6) is 0 Å². The normalized spacial score (nSPS) is 25.9. The van der Waals surface area contributed by atoms with E-state index in [0.29, 0.717) is 30.5 Å². The van der Waals surface area contributed by atoms with Gasteiger partial charge in [-0.05, 0) is 25.5 Å². The molecule has 1 amide bonds. The SMILES string of the molecule is Cc1noc([C@@H]2C[C@H]3CN(C(=O)Cc4ccc(F)cn4)C[C@H]3O2)n1. The topological polar surface area (TPSA) is 81.4 Å². The first-order valence-corrected chi connectivity index (χ1v) is 7.92. The molecule has 2 aliphatic heterocycles. The van der Waals surface area contributed by atoms with Crippen molar-refractivity contribution in [3.8, 4) is 0 Å². The molecule has 2 fully saturated rings. The molecule has 2 aromatic rings. The maximum atomic E-state index is 12.9. The highest BCUT2D eigenvalue weighted by molar-refractivity contribution is 5.78. The van der Waals surface area contributed by atoms with Crippen molar-refractivity contribution in [1.82, 2.24) is 20.0 Å². The van der Waals surface area contributed by atoms with Crippen LogP contribution in [0.2, 0.25) is 0 Å². The molecular weight excluding hydrogens is 315 g/mol. The van der Waals surface area contributed by atoms with Crippen molar-refractivity contribution >= 4 is 5.91 Å². The second-order valence-corrected chi connectivity index (χ2v) is 6.28. The molecule has 126 valence electrons. The van der Waals surface area contributed by atoms with E-state index < -0.39 is 5.82 Å². The first-order valence-electron chi connectivity index (χ1n) is 7.92. The molecule has 0 aromatic carbocycles. The fourth-order valence-corrected chi connectivity index (χ4v) is 3.35. The third-order valence-electron chi connectivity index (χ3n) is 4.53. The fourth-order valence-electron chi connectivity index (χ4n) is 3.35. The molecular formula is C16H17FN4O3. The number of carbonyl (C=O) groups excluding carboxylic acids is 1. The number of amides is 1. The molecule has 3 atom stereocenters. The monoisotopic (exact) mass is 332 g/mol. The molecule has 2 aromatic heterocycles. The van der Waals surface area contributed by atoms with Gasteiger partial charge in [0.25, 0.3) is 5.89 Å². The molecule has 0 spiro atoms. The number of hydrogen-bond acceptors (Lipinski definition) is 6. The number of pyridine rings is 1. The Morgan fingerprint density at radius 1 is 1.42 bits per heavy atom. The average molecular weight is 332 g/mol. The number of nitrogens with zero attached hydrogens (tertiary/aromatic N) is 4. The summed E-state index contributed by atoms with van der Waals surface area (Å²) in [5.41, 5.74) is 0.568. The van der Waals surface area contributed by atoms with Crippen molar-refractivity contribution in [2.24, 2.45) is 5.92 Å². The number of halogens is 1. The van der Waals surface area contributed by atoms with E-state index in [1.165, 1.54) is 12.1 Å². The number of rotatable bonds is 3. The molecule has 4 rings (SSSR count). The minimum absolute atomic E-state index is 0.00710. The van der Waals surface area contributed by atoms with Gasteiger partial charge >= 0.3 is 0 Å². The summed E-state index contributed by atoms with van der Waals surface area (Å²) in [7, 11) is 0. The van der Waals surface area contributed by atoms with Crippen LogP contribution < -0.4 is 0 Å². The van der Waals surface area contributed by atoms with E-state index in [-0.39, 0.29) is 30.5 Å². The third-order valence-corrected chi connectivity index (χ3v) is 4.53. The number of fused-ring (bicyclic) bond motifs is 1. The lowest BCUT2D eigenvalue weighted by molar-refractivity contribution is -0.130. The Morgan fingerprint density at radius 3 is 2.96 bits per heavy atom. The van der Waals surface area contributed by atoms with Crippen molar-refractivity contribution in [1.29, 1.82) is 0 Å². The summed E-state index contributed by atoms with van der Waals surface area (Å²) in [4.78, 5) is 22.3. The van der Waals surface area contributed by atoms with Crippen LogP contribution >= 0.6 is 0 Å². The van der Waals surface area contributed by atoms with E-state index in [1.54, 1.807) is 11.8 Å². The van der Waals surface area contributed by atoms with Gasteiger partial charge in [0, 0.05) is 24.7 Å². The maximum absolute atomic E-state index is 12.9. The van der Waals surface area contributed by atoms with Crippen LogP contribution in [0.1, 0.15) is 29.9 Å². The number of carbonyl (C=O) groups is 1. The molecule has 0 unspecified atom stereocenters. The minimum Gasteiger partial charge on any atom is -0.363 e. The maximum Gasteiger partial charge on any atom is 0.255 e. The van der Waals surface area contributed by atoms with Gasteiger partial charge in [0.1, 0.15) is 11.9 Å². The molecule has 0 bridgehead atoms. The second kappa shape index (κ2) is 5.94. The van der Waals surface area contributed by atoms with Crippen LogP contribution in [-0.2, 0) is 16.0 Å². The zero-order valence-corrected chi connectivity index (χ0v) is 13.2. The number of ether oxygens (including phenoxy) is 1. The van der Waals surface area contributed by atoms with Crippen LogP contribution in [0.25, 0.3) is 0 Å². The lowest BCUT2D eigenvalue weighted by Gasteiger charge is -2.18. The summed E-state index contributed by atoms with van der Waals surface area (Å²) in [6.07, 6.45) is 1.88. The Labute approximate surface area is 137 Å². The number of aryl methyl sites for hydroxylation is 1. The van der Waals surface area contributed by atoms with E-state index in [2.05, 4.69) is 15.1 Å². The standard InChI is InChI=1S/C16H17FN4O3/c1-9-19-16(24-20-9)13-4-10-7-21(8-14(10)23-13)15(22)5-12-3-2-11(17)6-18-12/h2-3,6,10,13-14H,4-5,7-8H2,1H3/t10-,13-,14+/m0/s1. The molecule has 0 aliphatic carbocycles. The van der Waals surface area contributed by atoms with Gasteiger partial charge in [0.15, 0.2) is 5.82 Å². The van der Waals surface area contributed by atoms with Crippen molar-refractivity contribution in [2.75, 3.05) is 13.1 Å². The minimum atomic E-state index is -0.405. The largest absolute Gasteiger partial charge is 0.363 e. The smallest absolute Gasteiger partial charge is 0.255 e. The summed E-state index contributed by atoms with van der Waals surface area (Å²) in [5.74, 6) is 0.951. The van der Waals surface area contributed by atoms with Gasteiger partial charge in [-0.2, -0.15) is 4.98 Å². The van der Waals surface area contributed by atoms with E-state index in [9.17, 15) is 9.18 Å². The highest BCUT2D eigenvalue weighted by atomic mass is 19.1. The van der Waals surface area contributed by atoms with Gasteiger partial charge in [-0.3, -0.25) is 9.78 Å². The Kier molecular flexibility index (Phi) is 3.76. The number of hydrogen-bond donors (Lipinski definition) is 0. The predicted octanol–water partition coefficient (Wildman–Crippen LogP) is 1.44. The van der Waals surface area contributed by atoms with Crippen LogP contribution in [0.4, 0.5) is 4.39 Å². The van der Waals surface area contributed by atoms with Gasteiger partial charge in [0.2, 0.25) is 5.91 Å². The quantitative estimate of drug-likeness (QED) is 0.846. The Hall–Kier alpha value is -2.35. The molecule has 2 saturated heterocycles. The Morgan fingerprint density at radius 2 is 2.29 bits per heavy atom. The van der Waals surface area contributed by atoms with Gasteiger partial charge in [-0.15, -0.1) is 0 Å². The fraction of sp³-hybridized carbons (Fsp3) is 0.500. The molecule has 24 heavy (non-hydrogen) atoms. The van der Waals surface area contributed by atoms with Crippen molar-refractivity contribution in [2.45, 2.75) is 32.0 Å². The summed E-state index contributed by atoms with van der Waals surface area (Å²) >= 11 is 0. The molecule has 0 N–H and O–H groups in total. The molecule has 2 aliphatic rings. The summed E-state index contributed by atoms with van der Waals surface area (Å²) < 4.78 is 24.0. The van der Waals surface area contributed by atoms with Gasteiger partial charge < -0.3 is 14.2 Å². The molecule has 7 nitrogen and oxygen atoms in total. The van der Waals surface area contributed by atoms with Gasteiger partial charge in [-0.25, -0.2) is 4.39 Å². The summed E-state index contributed by atoms with van der Waals surface area (Å²) in [5, 5.41) is 3.79. The van der Waals surface area contributed by atoms with Crippen molar-refractivity contribution in [3.05, 3.63) is 41.6 Å². The van der Waals surface area contributed by atoms with E-state index >= 15 is 0 Å². The highest BCUT2D eigenvalue weighted by Gasteiger charge is 2.45. The lowest BCUT2D eigenvalue weighted by Crippen LogP contribution is -2.32. The summed E-state index contributed by atoms with van der Waals surface area (Å²) in [6.45, 7) is 2.97. The zero-order valence-electron chi connectivity index (χ0n) is 13.2. The van der Waals surface area contributed by atoms with Crippen LogP contribution in [0, 0.1) is 18.7 Å². The van der Waals surface area contributed by atoms with E-state index in [1.807, 2.05) is 0 Å². The highest BCUT2D eigenvalue weighted by Crippen LogP contribution is 2.40. The van der Waals surface area contributed by atoms with Gasteiger partial charge in [0.05, 0.1) is 18.7 Å². The molecule has 4 heterocycles. The van der Waals surface area contributed by atoms with E-state index in [0.717, 1.165) is 12.6 Å². The lowest BCUT2D eigenvalue weighted by atomic mass is 10.0. The Bertz CT molecular complexity index is 734. The van der Waals surface area contributed by atoms with Crippen LogP contribution in [0.3, 0.4) is 0 Å².